The van der Waals surface area contributed by atoms with Crippen molar-refractivity contribution in [2.45, 2.75) is 71.1 Å². The second-order valence-corrected chi connectivity index (χ2v) is 7.55. The van der Waals surface area contributed by atoms with Crippen molar-refractivity contribution in [3.05, 3.63) is 29.2 Å². The lowest BCUT2D eigenvalue weighted by Crippen LogP contribution is -2.33. The Kier molecular flexibility index (Phi) is 5.09. The Morgan fingerprint density at radius 1 is 1.28 bits per heavy atom. The minimum absolute atomic E-state index is 0.0567. The first-order valence-electron chi connectivity index (χ1n) is 8.98. The van der Waals surface area contributed by atoms with Crippen LogP contribution in [-0.4, -0.2) is 11.0 Å². The minimum Gasteiger partial charge on any atom is -0.440 e. The van der Waals surface area contributed by atoms with Crippen LogP contribution in [-0.2, 0) is 12.7 Å². The number of hydrogen-bond acceptors (Lipinski definition) is 3. The molecule has 1 aromatic heterocycles. The Bertz CT molecular complexity index is 736. The van der Waals surface area contributed by atoms with Gasteiger partial charge in [0.2, 0.25) is 0 Å². The zero-order chi connectivity index (χ0) is 18.2. The third kappa shape index (κ3) is 4.17. The Hall–Kier alpha value is -1.56. The van der Waals surface area contributed by atoms with Gasteiger partial charge in [-0.25, -0.2) is 4.98 Å². The molecule has 138 valence electrons. The number of benzene rings is 1. The van der Waals surface area contributed by atoms with E-state index in [2.05, 4.69) is 17.2 Å². The number of halogens is 3. The highest BCUT2D eigenvalue weighted by Gasteiger charge is 2.35. The van der Waals surface area contributed by atoms with Crippen LogP contribution in [0.1, 0.15) is 69.4 Å². The number of fused-ring (bicyclic) bond motifs is 1. The summed E-state index contributed by atoms with van der Waals surface area (Å²) in [5.74, 6) is 0.953. The van der Waals surface area contributed by atoms with Crippen LogP contribution in [0, 0.1) is 5.92 Å². The summed E-state index contributed by atoms with van der Waals surface area (Å²) in [5.41, 5.74) is -0.0153. The van der Waals surface area contributed by atoms with Gasteiger partial charge in [-0.3, -0.25) is 0 Å². The van der Waals surface area contributed by atoms with Crippen LogP contribution in [0.5, 0.6) is 0 Å². The van der Waals surface area contributed by atoms with E-state index in [1.165, 1.54) is 18.9 Å². The Morgan fingerprint density at radius 3 is 2.68 bits per heavy atom. The van der Waals surface area contributed by atoms with Gasteiger partial charge < -0.3 is 9.73 Å². The number of rotatable bonds is 4. The summed E-state index contributed by atoms with van der Waals surface area (Å²) in [7, 11) is 0. The molecule has 1 aliphatic rings. The molecule has 6 heteroatoms. The van der Waals surface area contributed by atoms with Crippen molar-refractivity contribution in [2.75, 3.05) is 0 Å². The number of alkyl halides is 3. The van der Waals surface area contributed by atoms with Gasteiger partial charge in [0.15, 0.2) is 11.5 Å². The lowest BCUT2D eigenvalue weighted by atomic mass is 9.87. The second-order valence-electron chi connectivity index (χ2n) is 7.55. The van der Waals surface area contributed by atoms with Gasteiger partial charge in [-0.1, -0.05) is 33.6 Å². The van der Waals surface area contributed by atoms with Gasteiger partial charge in [-0.05, 0) is 36.5 Å². The first-order chi connectivity index (χ1) is 11.7. The number of aromatic nitrogens is 1. The summed E-state index contributed by atoms with van der Waals surface area (Å²) < 4.78 is 45.7. The maximum Gasteiger partial charge on any atom is 0.420 e. The summed E-state index contributed by atoms with van der Waals surface area (Å²) in [6.07, 6.45) is 0.114. The number of oxazole rings is 1. The summed E-state index contributed by atoms with van der Waals surface area (Å²) >= 11 is 0. The van der Waals surface area contributed by atoms with Gasteiger partial charge >= 0.3 is 6.18 Å². The number of hydrogen-bond donors (Lipinski definition) is 1. The summed E-state index contributed by atoms with van der Waals surface area (Å²) in [6.45, 7) is 6.35. The summed E-state index contributed by atoms with van der Waals surface area (Å²) in [5, 5.41) is 3.42. The molecular weight excluding hydrogens is 329 g/mol. The predicted octanol–water partition coefficient (Wildman–Crippen LogP) is 5.64. The van der Waals surface area contributed by atoms with Crippen LogP contribution < -0.4 is 5.32 Å². The van der Waals surface area contributed by atoms with Crippen LogP contribution >= 0.6 is 0 Å². The fourth-order valence-corrected chi connectivity index (χ4v) is 3.55. The van der Waals surface area contributed by atoms with Crippen LogP contribution in [0.2, 0.25) is 0 Å². The molecule has 1 heterocycles. The van der Waals surface area contributed by atoms with Gasteiger partial charge in [-0.15, -0.1) is 0 Å². The third-order valence-electron chi connectivity index (χ3n) is 4.90. The van der Waals surface area contributed by atoms with E-state index in [9.17, 15) is 13.2 Å². The maximum atomic E-state index is 13.4. The van der Waals surface area contributed by atoms with Crippen LogP contribution in [0.25, 0.3) is 11.1 Å². The SMILES string of the molecule is CC1CCCC(NCc2cc(C(F)(F)F)c3oc(C(C)C)nc3c2)C1. The highest BCUT2D eigenvalue weighted by molar-refractivity contribution is 5.78. The fraction of sp³-hybridized carbons (Fsp3) is 0.632. The maximum absolute atomic E-state index is 13.4. The lowest BCUT2D eigenvalue weighted by molar-refractivity contribution is -0.136. The van der Waals surface area contributed by atoms with E-state index in [0.717, 1.165) is 12.8 Å². The van der Waals surface area contributed by atoms with Crippen molar-refractivity contribution < 1.29 is 17.6 Å². The average Bonchev–Trinajstić information content (AvgIpc) is 2.95. The zero-order valence-electron chi connectivity index (χ0n) is 14.9. The molecule has 2 aromatic rings. The average molecular weight is 354 g/mol. The molecule has 2 unspecified atom stereocenters. The standard InChI is InChI=1S/C19H25F3N2O/c1-11(2)18-24-16-9-13(8-15(17(16)25-18)19(20,21)22)10-23-14-6-4-5-12(3)7-14/h8-9,11-12,14,23H,4-7,10H2,1-3H3. The quantitative estimate of drug-likeness (QED) is 0.772. The van der Waals surface area contributed by atoms with Crippen molar-refractivity contribution in [3.63, 3.8) is 0 Å². The first kappa shape index (κ1) is 18.2. The van der Waals surface area contributed by atoms with E-state index in [1.807, 2.05) is 13.8 Å². The molecular formula is C19H25F3N2O. The molecule has 0 saturated heterocycles. The molecule has 0 spiro atoms. The van der Waals surface area contributed by atoms with Gasteiger partial charge in [0, 0.05) is 18.5 Å². The highest BCUT2D eigenvalue weighted by Crippen LogP contribution is 2.37. The number of nitrogens with zero attached hydrogens (tertiary/aromatic N) is 1. The largest absolute Gasteiger partial charge is 0.440 e. The lowest BCUT2D eigenvalue weighted by Gasteiger charge is -2.27. The Morgan fingerprint density at radius 2 is 2.04 bits per heavy atom. The number of nitrogens with one attached hydrogen (secondary N) is 1. The molecule has 0 bridgehead atoms. The fourth-order valence-electron chi connectivity index (χ4n) is 3.55. The van der Waals surface area contributed by atoms with Crippen molar-refractivity contribution in [2.24, 2.45) is 5.92 Å². The monoisotopic (exact) mass is 354 g/mol. The van der Waals surface area contributed by atoms with Crippen LogP contribution in [0.3, 0.4) is 0 Å². The molecule has 1 saturated carbocycles. The van der Waals surface area contributed by atoms with E-state index in [1.54, 1.807) is 6.07 Å². The highest BCUT2D eigenvalue weighted by atomic mass is 19.4. The van der Waals surface area contributed by atoms with E-state index >= 15 is 0 Å². The van der Waals surface area contributed by atoms with Crippen molar-refractivity contribution in [1.29, 1.82) is 0 Å². The topological polar surface area (TPSA) is 38.1 Å². The molecule has 0 radical (unpaired) electrons. The normalized spacial score (nSPS) is 22.0. The van der Waals surface area contributed by atoms with E-state index in [0.29, 0.717) is 30.0 Å². The van der Waals surface area contributed by atoms with Gasteiger partial charge in [0.25, 0.3) is 0 Å². The Balaban J connectivity index is 1.87. The second kappa shape index (κ2) is 6.98. The smallest absolute Gasteiger partial charge is 0.420 e. The van der Waals surface area contributed by atoms with Crippen molar-refractivity contribution in [3.8, 4) is 0 Å². The molecule has 0 aliphatic heterocycles. The molecule has 1 N–H and O–H groups in total. The van der Waals surface area contributed by atoms with Gasteiger partial charge in [0.05, 0.1) is 0 Å². The third-order valence-corrected chi connectivity index (χ3v) is 4.90. The molecule has 3 rings (SSSR count). The molecule has 3 nitrogen and oxygen atoms in total. The van der Waals surface area contributed by atoms with Crippen molar-refractivity contribution >= 4 is 11.1 Å². The zero-order valence-corrected chi connectivity index (χ0v) is 14.9. The van der Waals surface area contributed by atoms with E-state index in [4.69, 9.17) is 4.42 Å². The first-order valence-corrected chi connectivity index (χ1v) is 8.98. The van der Waals surface area contributed by atoms with Crippen molar-refractivity contribution in [1.82, 2.24) is 10.3 Å². The van der Waals surface area contributed by atoms with E-state index in [-0.39, 0.29) is 17.0 Å². The molecule has 0 amide bonds. The molecule has 1 aliphatic carbocycles. The summed E-state index contributed by atoms with van der Waals surface area (Å²) in [6, 6.07) is 3.27. The van der Waals surface area contributed by atoms with Crippen LogP contribution in [0.4, 0.5) is 13.2 Å². The van der Waals surface area contributed by atoms with Gasteiger partial charge in [0.1, 0.15) is 11.1 Å². The Labute approximate surface area is 146 Å². The summed E-state index contributed by atoms with van der Waals surface area (Å²) in [4.78, 5) is 4.26. The van der Waals surface area contributed by atoms with E-state index < -0.39 is 11.7 Å². The predicted molar refractivity (Wildman–Crippen MR) is 91.4 cm³/mol. The molecule has 25 heavy (non-hydrogen) atoms. The molecule has 1 fully saturated rings. The van der Waals surface area contributed by atoms with Crippen LogP contribution in [0.15, 0.2) is 16.5 Å². The minimum atomic E-state index is -4.46. The van der Waals surface area contributed by atoms with Gasteiger partial charge in [-0.2, -0.15) is 13.2 Å². The molecule has 2 atom stereocenters. The molecule has 1 aromatic carbocycles.